The summed E-state index contributed by atoms with van der Waals surface area (Å²) in [6.45, 7) is 0. The zero-order chi connectivity index (χ0) is 13.9. The van der Waals surface area contributed by atoms with Crippen molar-refractivity contribution in [1.29, 1.82) is 0 Å². The second kappa shape index (κ2) is 5.82. The monoisotopic (exact) mass is 283 g/mol. The SMILES string of the molecule is COc1ccc(N)cc1CS(=O)(=O)C1CCCCC1. The summed E-state index contributed by atoms with van der Waals surface area (Å²) in [6.07, 6.45) is 4.74. The molecule has 1 saturated carbocycles. The zero-order valence-corrected chi connectivity index (χ0v) is 12.1. The van der Waals surface area contributed by atoms with Crippen LogP contribution in [0.15, 0.2) is 18.2 Å². The molecule has 0 amide bonds. The maximum absolute atomic E-state index is 12.4. The Bertz CT molecular complexity index is 534. The Morgan fingerprint density at radius 1 is 1.26 bits per heavy atom. The van der Waals surface area contributed by atoms with Gasteiger partial charge < -0.3 is 10.5 Å². The maximum atomic E-state index is 12.4. The topological polar surface area (TPSA) is 69.4 Å². The van der Waals surface area contributed by atoms with Gasteiger partial charge >= 0.3 is 0 Å². The van der Waals surface area contributed by atoms with Gasteiger partial charge in [-0.1, -0.05) is 19.3 Å². The van der Waals surface area contributed by atoms with E-state index in [2.05, 4.69) is 0 Å². The van der Waals surface area contributed by atoms with Crippen LogP contribution in [0.4, 0.5) is 5.69 Å². The second-order valence-electron chi connectivity index (χ2n) is 5.14. The van der Waals surface area contributed by atoms with E-state index in [0.29, 0.717) is 17.0 Å². The smallest absolute Gasteiger partial charge is 0.157 e. The second-order valence-corrected chi connectivity index (χ2v) is 7.42. The molecule has 1 aromatic carbocycles. The Kier molecular flexibility index (Phi) is 4.34. The van der Waals surface area contributed by atoms with Crippen LogP contribution in [0.5, 0.6) is 5.75 Å². The van der Waals surface area contributed by atoms with E-state index in [4.69, 9.17) is 10.5 Å². The van der Waals surface area contributed by atoms with Crippen molar-refractivity contribution < 1.29 is 13.2 Å². The molecule has 1 fully saturated rings. The molecule has 4 nitrogen and oxygen atoms in total. The number of anilines is 1. The van der Waals surface area contributed by atoms with Gasteiger partial charge in [0.1, 0.15) is 5.75 Å². The summed E-state index contributed by atoms with van der Waals surface area (Å²) in [4.78, 5) is 0. The highest BCUT2D eigenvalue weighted by atomic mass is 32.2. The summed E-state index contributed by atoms with van der Waals surface area (Å²) < 4.78 is 30.1. The molecule has 0 unspecified atom stereocenters. The number of ether oxygens (including phenoxy) is 1. The van der Waals surface area contributed by atoms with Gasteiger partial charge in [-0.25, -0.2) is 8.42 Å². The first-order chi connectivity index (χ1) is 9.03. The lowest BCUT2D eigenvalue weighted by Gasteiger charge is -2.22. The van der Waals surface area contributed by atoms with Crippen LogP contribution >= 0.6 is 0 Å². The van der Waals surface area contributed by atoms with Crippen molar-refractivity contribution >= 4 is 15.5 Å². The van der Waals surface area contributed by atoms with Crippen LogP contribution in [-0.4, -0.2) is 20.8 Å². The van der Waals surface area contributed by atoms with Crippen LogP contribution in [0.25, 0.3) is 0 Å². The van der Waals surface area contributed by atoms with Crippen molar-refractivity contribution in [3.8, 4) is 5.75 Å². The van der Waals surface area contributed by atoms with E-state index < -0.39 is 9.84 Å². The molecule has 0 atom stereocenters. The molecular weight excluding hydrogens is 262 g/mol. The lowest BCUT2D eigenvalue weighted by atomic mass is 10.0. The quantitative estimate of drug-likeness (QED) is 0.862. The van der Waals surface area contributed by atoms with Crippen molar-refractivity contribution in [3.63, 3.8) is 0 Å². The number of methoxy groups -OCH3 is 1. The molecule has 5 heteroatoms. The van der Waals surface area contributed by atoms with Gasteiger partial charge in [-0.3, -0.25) is 0 Å². The van der Waals surface area contributed by atoms with Crippen LogP contribution < -0.4 is 10.5 Å². The summed E-state index contributed by atoms with van der Waals surface area (Å²) >= 11 is 0. The summed E-state index contributed by atoms with van der Waals surface area (Å²) in [5, 5.41) is -0.201. The fourth-order valence-corrected chi connectivity index (χ4v) is 4.62. The Morgan fingerprint density at radius 3 is 2.58 bits per heavy atom. The normalized spacial score (nSPS) is 17.3. The summed E-state index contributed by atoms with van der Waals surface area (Å²) in [7, 11) is -1.58. The Labute approximate surface area is 114 Å². The Hall–Kier alpha value is -1.23. The number of rotatable bonds is 4. The minimum Gasteiger partial charge on any atom is -0.496 e. The molecule has 0 heterocycles. The predicted molar refractivity (Wildman–Crippen MR) is 76.9 cm³/mol. The minimum absolute atomic E-state index is 0.0197. The van der Waals surface area contributed by atoms with Gasteiger partial charge in [0, 0.05) is 11.3 Å². The van der Waals surface area contributed by atoms with Gasteiger partial charge in [0.2, 0.25) is 0 Å². The molecule has 0 aliphatic heterocycles. The first-order valence-corrected chi connectivity index (χ1v) is 8.38. The highest BCUT2D eigenvalue weighted by molar-refractivity contribution is 7.91. The molecule has 2 N–H and O–H groups in total. The van der Waals surface area contributed by atoms with Crippen LogP contribution in [0.1, 0.15) is 37.7 Å². The molecule has 2 rings (SSSR count). The van der Waals surface area contributed by atoms with Crippen molar-refractivity contribution in [2.75, 3.05) is 12.8 Å². The number of benzene rings is 1. The molecule has 0 saturated heterocycles. The van der Waals surface area contributed by atoms with Gasteiger partial charge in [-0.2, -0.15) is 0 Å². The average Bonchev–Trinajstić information content (AvgIpc) is 2.39. The van der Waals surface area contributed by atoms with Gasteiger partial charge in [-0.15, -0.1) is 0 Å². The lowest BCUT2D eigenvalue weighted by molar-refractivity contribution is 0.410. The fourth-order valence-electron chi connectivity index (χ4n) is 2.67. The molecule has 0 bridgehead atoms. The number of hydrogen-bond acceptors (Lipinski definition) is 4. The minimum atomic E-state index is -3.12. The molecule has 1 aliphatic rings. The van der Waals surface area contributed by atoms with Gasteiger partial charge in [0.25, 0.3) is 0 Å². The van der Waals surface area contributed by atoms with Gasteiger partial charge in [-0.05, 0) is 31.0 Å². The van der Waals surface area contributed by atoms with Crippen LogP contribution in [0, 0.1) is 0 Å². The molecule has 106 valence electrons. The van der Waals surface area contributed by atoms with E-state index in [0.717, 1.165) is 32.1 Å². The molecule has 1 aromatic rings. The van der Waals surface area contributed by atoms with Crippen molar-refractivity contribution in [2.24, 2.45) is 0 Å². The fraction of sp³-hybridized carbons (Fsp3) is 0.571. The van der Waals surface area contributed by atoms with Crippen molar-refractivity contribution in [1.82, 2.24) is 0 Å². The van der Waals surface area contributed by atoms with E-state index in [1.54, 1.807) is 25.3 Å². The number of hydrogen-bond donors (Lipinski definition) is 1. The first-order valence-electron chi connectivity index (χ1n) is 6.67. The zero-order valence-electron chi connectivity index (χ0n) is 11.3. The molecule has 0 radical (unpaired) electrons. The third-order valence-corrected chi connectivity index (χ3v) is 5.92. The third-order valence-electron chi connectivity index (χ3n) is 3.72. The summed E-state index contributed by atoms with van der Waals surface area (Å²) in [6, 6.07) is 5.13. The van der Waals surface area contributed by atoms with E-state index >= 15 is 0 Å². The number of nitrogens with two attached hydrogens (primary N) is 1. The summed E-state index contributed by atoms with van der Waals surface area (Å²) in [5.74, 6) is 0.611. The van der Waals surface area contributed by atoms with Crippen molar-refractivity contribution in [2.45, 2.75) is 43.1 Å². The van der Waals surface area contributed by atoms with E-state index in [1.807, 2.05) is 0 Å². The molecule has 0 aromatic heterocycles. The van der Waals surface area contributed by atoms with Crippen LogP contribution in [0.2, 0.25) is 0 Å². The highest BCUT2D eigenvalue weighted by Gasteiger charge is 2.28. The molecule has 0 spiro atoms. The van der Waals surface area contributed by atoms with Gasteiger partial charge in [0.05, 0.1) is 18.1 Å². The predicted octanol–water partition coefficient (Wildman–Crippen LogP) is 2.52. The highest BCUT2D eigenvalue weighted by Crippen LogP contribution is 2.29. The number of nitrogen functional groups attached to an aromatic ring is 1. The lowest BCUT2D eigenvalue weighted by Crippen LogP contribution is -2.25. The standard InChI is InChI=1S/C14H21NO3S/c1-18-14-8-7-12(15)9-11(14)10-19(16,17)13-5-3-2-4-6-13/h7-9,13H,2-6,10,15H2,1H3. The number of sulfone groups is 1. The van der Waals surface area contributed by atoms with Crippen molar-refractivity contribution in [3.05, 3.63) is 23.8 Å². The van der Waals surface area contributed by atoms with Crippen LogP contribution in [-0.2, 0) is 15.6 Å². The van der Waals surface area contributed by atoms with Crippen LogP contribution in [0.3, 0.4) is 0 Å². The molecular formula is C14H21NO3S. The van der Waals surface area contributed by atoms with E-state index in [1.165, 1.54) is 0 Å². The summed E-state index contributed by atoms with van der Waals surface area (Å²) in [5.41, 5.74) is 6.95. The van der Waals surface area contributed by atoms with Gasteiger partial charge in [0.15, 0.2) is 9.84 Å². The Morgan fingerprint density at radius 2 is 1.95 bits per heavy atom. The maximum Gasteiger partial charge on any atom is 0.157 e. The molecule has 1 aliphatic carbocycles. The first kappa shape index (κ1) is 14.2. The molecule has 19 heavy (non-hydrogen) atoms. The van der Waals surface area contributed by atoms with E-state index in [9.17, 15) is 8.42 Å². The third kappa shape index (κ3) is 3.41. The largest absolute Gasteiger partial charge is 0.496 e. The Balaban J connectivity index is 2.21. The average molecular weight is 283 g/mol. The van der Waals surface area contributed by atoms with E-state index in [-0.39, 0.29) is 11.0 Å².